The zero-order chi connectivity index (χ0) is 24.8. The molecule has 1 amide bonds. The normalized spacial score (nSPS) is 15.9. The molecule has 0 spiro atoms. The van der Waals surface area contributed by atoms with Crippen LogP contribution in [0, 0.1) is 12.8 Å². The van der Waals surface area contributed by atoms with Crippen LogP contribution in [-0.4, -0.2) is 29.1 Å². The van der Waals surface area contributed by atoms with Gasteiger partial charge in [0.05, 0.1) is 0 Å². The molecule has 1 fully saturated rings. The highest BCUT2D eigenvalue weighted by molar-refractivity contribution is 5.96. The van der Waals surface area contributed by atoms with E-state index in [1.54, 1.807) is 6.07 Å². The monoisotopic (exact) mass is 471 g/mol. The van der Waals surface area contributed by atoms with E-state index in [2.05, 4.69) is 24.3 Å². The predicted octanol–water partition coefficient (Wildman–Crippen LogP) is 6.15. The van der Waals surface area contributed by atoms with Crippen LogP contribution in [0.3, 0.4) is 0 Å². The molecule has 180 valence electrons. The number of benzene rings is 2. The highest BCUT2D eigenvalue weighted by atomic mass is 19.4. The molecule has 33 heavy (non-hydrogen) atoms. The van der Waals surface area contributed by atoms with Gasteiger partial charge in [-0.3, -0.25) is 4.79 Å². The quantitative estimate of drug-likeness (QED) is 0.513. The fourth-order valence-corrected chi connectivity index (χ4v) is 3.83. The molecule has 0 saturated heterocycles. The minimum atomic E-state index is -5.08. The van der Waals surface area contributed by atoms with Gasteiger partial charge in [-0.1, -0.05) is 36.4 Å². The Hall–Kier alpha value is -2.97. The zero-order valence-electron chi connectivity index (χ0n) is 18.1. The molecule has 3 N–H and O–H groups in total. The maximum Gasteiger partial charge on any atom is 0.490 e. The standard InChI is InChI=1S/C22H25F2NO.C2HF3O2/c1-15-19(3-2-4-20(15)21(25)26)18-9-7-16(8-10-18)5-6-17-11-13-22(23,24)14-12-17;3-2(4,5)1(6)7/h2-4,7-10,17H,5-6,11-14H2,1H3,(H2,25,26);(H,6,7). The van der Waals surface area contributed by atoms with Crippen molar-refractivity contribution in [3.8, 4) is 11.1 Å². The lowest BCUT2D eigenvalue weighted by molar-refractivity contribution is -0.192. The Morgan fingerprint density at radius 2 is 1.61 bits per heavy atom. The average Bonchev–Trinajstić information content (AvgIpc) is 2.73. The molecule has 0 unspecified atom stereocenters. The van der Waals surface area contributed by atoms with Crippen LogP contribution in [0.2, 0.25) is 0 Å². The van der Waals surface area contributed by atoms with Gasteiger partial charge < -0.3 is 10.8 Å². The number of aryl methyl sites for hydroxylation is 1. The first-order chi connectivity index (χ1) is 15.3. The van der Waals surface area contributed by atoms with Gasteiger partial charge in [0.15, 0.2) is 0 Å². The molecule has 3 rings (SSSR count). The number of rotatable bonds is 5. The van der Waals surface area contributed by atoms with Crippen LogP contribution in [0.25, 0.3) is 11.1 Å². The third-order valence-corrected chi connectivity index (χ3v) is 5.78. The number of alkyl halides is 5. The molecule has 2 aromatic rings. The van der Waals surface area contributed by atoms with Crippen molar-refractivity contribution in [1.82, 2.24) is 0 Å². The molecule has 0 aliphatic heterocycles. The van der Waals surface area contributed by atoms with E-state index in [1.165, 1.54) is 5.56 Å². The first-order valence-electron chi connectivity index (χ1n) is 10.5. The van der Waals surface area contributed by atoms with Crippen molar-refractivity contribution >= 4 is 11.9 Å². The van der Waals surface area contributed by atoms with Gasteiger partial charge in [-0.05, 0) is 66.8 Å². The van der Waals surface area contributed by atoms with Crippen molar-refractivity contribution in [2.75, 3.05) is 0 Å². The number of aliphatic carboxylic acids is 1. The van der Waals surface area contributed by atoms with E-state index >= 15 is 0 Å². The first kappa shape index (κ1) is 26.3. The Bertz CT molecular complexity index is 961. The second-order valence-electron chi connectivity index (χ2n) is 8.18. The lowest BCUT2D eigenvalue weighted by Crippen LogP contribution is -2.24. The molecule has 0 aromatic heterocycles. The second kappa shape index (κ2) is 10.8. The van der Waals surface area contributed by atoms with Crippen LogP contribution >= 0.6 is 0 Å². The summed E-state index contributed by atoms with van der Waals surface area (Å²) in [5, 5.41) is 7.12. The van der Waals surface area contributed by atoms with Crippen LogP contribution in [0.1, 0.15) is 53.6 Å². The van der Waals surface area contributed by atoms with Crippen LogP contribution in [-0.2, 0) is 11.2 Å². The highest BCUT2D eigenvalue weighted by Gasteiger charge is 2.38. The van der Waals surface area contributed by atoms with E-state index in [0.29, 0.717) is 24.3 Å². The summed E-state index contributed by atoms with van der Waals surface area (Å²) >= 11 is 0. The van der Waals surface area contributed by atoms with Crippen LogP contribution in [0.4, 0.5) is 22.0 Å². The number of carbonyl (C=O) groups excluding carboxylic acids is 1. The van der Waals surface area contributed by atoms with Gasteiger partial charge in [-0.2, -0.15) is 13.2 Å². The summed E-state index contributed by atoms with van der Waals surface area (Å²) in [5.41, 5.74) is 10.1. The molecule has 1 aliphatic rings. The first-order valence-corrected chi connectivity index (χ1v) is 10.5. The van der Waals surface area contributed by atoms with Crippen molar-refractivity contribution in [3.05, 3.63) is 59.2 Å². The Morgan fingerprint density at radius 1 is 1.06 bits per heavy atom. The number of carboxylic acids is 1. The molecule has 1 aliphatic carbocycles. The van der Waals surface area contributed by atoms with E-state index < -0.39 is 24.0 Å². The maximum atomic E-state index is 13.2. The van der Waals surface area contributed by atoms with Crippen molar-refractivity contribution in [2.45, 2.75) is 57.5 Å². The van der Waals surface area contributed by atoms with Gasteiger partial charge >= 0.3 is 12.1 Å². The molecule has 2 aromatic carbocycles. The summed E-state index contributed by atoms with van der Waals surface area (Å²) in [5.74, 6) is -5.22. The number of hydrogen-bond acceptors (Lipinski definition) is 2. The Morgan fingerprint density at radius 3 is 2.09 bits per heavy atom. The lowest BCUT2D eigenvalue weighted by Gasteiger charge is -2.28. The Kier molecular flexibility index (Phi) is 8.57. The summed E-state index contributed by atoms with van der Waals surface area (Å²) < 4.78 is 58.2. The van der Waals surface area contributed by atoms with Crippen LogP contribution in [0.15, 0.2) is 42.5 Å². The van der Waals surface area contributed by atoms with Crippen molar-refractivity contribution in [3.63, 3.8) is 0 Å². The molecule has 4 nitrogen and oxygen atoms in total. The van der Waals surface area contributed by atoms with E-state index in [-0.39, 0.29) is 12.8 Å². The van der Waals surface area contributed by atoms with Gasteiger partial charge in [0.25, 0.3) is 0 Å². The molecule has 0 heterocycles. The molecular formula is C24H26F5NO3. The predicted molar refractivity (Wildman–Crippen MR) is 114 cm³/mol. The number of primary amides is 1. The van der Waals surface area contributed by atoms with Crippen molar-refractivity contribution in [2.24, 2.45) is 11.7 Å². The molecule has 0 radical (unpaired) electrons. The number of amides is 1. The largest absolute Gasteiger partial charge is 0.490 e. The molecule has 0 atom stereocenters. The van der Waals surface area contributed by atoms with Gasteiger partial charge in [0, 0.05) is 18.4 Å². The number of carbonyl (C=O) groups is 2. The van der Waals surface area contributed by atoms with Crippen LogP contribution < -0.4 is 5.73 Å². The number of halogens is 5. The number of hydrogen-bond donors (Lipinski definition) is 2. The van der Waals surface area contributed by atoms with Crippen LogP contribution in [0.5, 0.6) is 0 Å². The summed E-state index contributed by atoms with van der Waals surface area (Å²) in [4.78, 5) is 20.4. The third kappa shape index (κ3) is 7.83. The molecule has 1 saturated carbocycles. The number of carboxylic acid groups (broad SMARTS) is 1. The Balaban J connectivity index is 0.000000479. The van der Waals surface area contributed by atoms with Gasteiger partial charge in [-0.15, -0.1) is 0 Å². The topological polar surface area (TPSA) is 80.4 Å². The second-order valence-corrected chi connectivity index (χ2v) is 8.18. The summed E-state index contributed by atoms with van der Waals surface area (Å²) in [6, 6.07) is 13.8. The molecular weight excluding hydrogens is 445 g/mol. The van der Waals surface area contributed by atoms with Gasteiger partial charge in [0.2, 0.25) is 11.8 Å². The van der Waals surface area contributed by atoms with E-state index in [0.717, 1.165) is 29.5 Å². The third-order valence-electron chi connectivity index (χ3n) is 5.78. The highest BCUT2D eigenvalue weighted by Crippen LogP contribution is 2.38. The van der Waals surface area contributed by atoms with E-state index in [1.807, 2.05) is 19.1 Å². The van der Waals surface area contributed by atoms with E-state index in [4.69, 9.17) is 15.6 Å². The lowest BCUT2D eigenvalue weighted by atomic mass is 9.83. The zero-order valence-corrected chi connectivity index (χ0v) is 18.1. The number of nitrogens with two attached hydrogens (primary N) is 1. The fraction of sp³-hybridized carbons (Fsp3) is 0.417. The molecule has 0 bridgehead atoms. The fourth-order valence-electron chi connectivity index (χ4n) is 3.83. The summed E-state index contributed by atoms with van der Waals surface area (Å²) in [7, 11) is 0. The maximum absolute atomic E-state index is 13.2. The van der Waals surface area contributed by atoms with Crippen molar-refractivity contribution in [1.29, 1.82) is 0 Å². The summed E-state index contributed by atoms with van der Waals surface area (Å²) in [6.45, 7) is 1.90. The smallest absolute Gasteiger partial charge is 0.475 e. The average molecular weight is 471 g/mol. The van der Waals surface area contributed by atoms with Crippen molar-refractivity contribution < 1.29 is 36.6 Å². The van der Waals surface area contributed by atoms with Gasteiger partial charge in [0.1, 0.15) is 0 Å². The van der Waals surface area contributed by atoms with Gasteiger partial charge in [-0.25, -0.2) is 13.6 Å². The van der Waals surface area contributed by atoms with E-state index in [9.17, 15) is 26.7 Å². The summed E-state index contributed by atoms with van der Waals surface area (Å²) in [6.07, 6.45) is -1.88. The minimum Gasteiger partial charge on any atom is -0.475 e. The Labute approximate surface area is 188 Å². The molecule has 9 heteroatoms. The minimum absolute atomic E-state index is 0.0338. The SMILES string of the molecule is Cc1c(C(N)=O)cccc1-c1ccc(CCC2CCC(F)(F)CC2)cc1.O=C(O)C(F)(F)F.